The highest BCUT2D eigenvalue weighted by Gasteiger charge is 2.06. The Kier molecular flexibility index (Phi) is 7.58. The summed E-state index contributed by atoms with van der Waals surface area (Å²) < 4.78 is 11.0. The van der Waals surface area contributed by atoms with E-state index in [4.69, 9.17) is 9.47 Å². The molecule has 0 amide bonds. The summed E-state index contributed by atoms with van der Waals surface area (Å²) in [6.45, 7) is 2.68. The lowest BCUT2D eigenvalue weighted by Crippen LogP contribution is -2.39. The molecule has 1 aromatic heterocycles. The van der Waals surface area contributed by atoms with Crippen LogP contribution in [0.5, 0.6) is 5.75 Å². The van der Waals surface area contributed by atoms with E-state index in [1.54, 1.807) is 25.5 Å². The number of guanidine groups is 1. The fourth-order valence-electron chi connectivity index (χ4n) is 2.36. The fraction of sp³-hybridized carbons (Fsp3) is 0.389. The van der Waals surface area contributed by atoms with Crippen LogP contribution in [0.3, 0.4) is 0 Å². The van der Waals surface area contributed by atoms with Crippen LogP contribution >= 0.6 is 11.3 Å². The van der Waals surface area contributed by atoms with Crippen molar-refractivity contribution in [2.45, 2.75) is 13.2 Å². The van der Waals surface area contributed by atoms with Crippen LogP contribution in [0.15, 0.2) is 46.1 Å². The lowest BCUT2D eigenvalue weighted by atomic mass is 10.2. The molecule has 2 aromatic rings. The van der Waals surface area contributed by atoms with Gasteiger partial charge >= 0.3 is 0 Å². The van der Waals surface area contributed by atoms with Crippen LogP contribution in [-0.2, 0) is 17.9 Å². The number of ether oxygens (including phenoxy) is 2. The second-order valence-electron chi connectivity index (χ2n) is 5.33. The van der Waals surface area contributed by atoms with Crippen LogP contribution < -0.4 is 10.1 Å². The Morgan fingerprint density at radius 3 is 2.83 bits per heavy atom. The zero-order valence-corrected chi connectivity index (χ0v) is 15.3. The summed E-state index contributed by atoms with van der Waals surface area (Å²) in [7, 11) is 5.50. The van der Waals surface area contributed by atoms with Crippen LogP contribution in [0.4, 0.5) is 0 Å². The standard InChI is InChI=1S/C18H25N3O2S/c1-19-18(21(2)12-15-8-11-24-14-15)20-9-10-23-13-16-6-4-5-7-17(16)22-3/h4-8,11,14H,9-10,12-13H2,1-3H3,(H,19,20). The van der Waals surface area contributed by atoms with Gasteiger partial charge in [-0.15, -0.1) is 0 Å². The van der Waals surface area contributed by atoms with Gasteiger partial charge in [0.05, 0.1) is 20.3 Å². The van der Waals surface area contributed by atoms with Crippen molar-refractivity contribution in [1.29, 1.82) is 0 Å². The van der Waals surface area contributed by atoms with Gasteiger partial charge in [-0.05, 0) is 28.5 Å². The number of rotatable bonds is 8. The van der Waals surface area contributed by atoms with Crippen LogP contribution in [0.25, 0.3) is 0 Å². The van der Waals surface area contributed by atoms with Crippen molar-refractivity contribution in [1.82, 2.24) is 10.2 Å². The van der Waals surface area contributed by atoms with Gasteiger partial charge in [0, 0.05) is 32.7 Å². The Bertz CT molecular complexity index is 629. The summed E-state index contributed by atoms with van der Waals surface area (Å²) in [5.74, 6) is 1.72. The van der Waals surface area contributed by atoms with Gasteiger partial charge < -0.3 is 19.7 Å². The van der Waals surface area contributed by atoms with E-state index in [1.807, 2.05) is 31.3 Å². The maximum Gasteiger partial charge on any atom is 0.193 e. The molecule has 0 aliphatic rings. The number of benzene rings is 1. The molecule has 0 aliphatic carbocycles. The first-order valence-corrected chi connectivity index (χ1v) is 8.81. The minimum Gasteiger partial charge on any atom is -0.496 e. The van der Waals surface area contributed by atoms with Gasteiger partial charge in [-0.1, -0.05) is 18.2 Å². The van der Waals surface area contributed by atoms with Crippen molar-refractivity contribution in [3.63, 3.8) is 0 Å². The Labute approximate surface area is 147 Å². The third-order valence-corrected chi connectivity index (χ3v) is 4.28. The van der Waals surface area contributed by atoms with Crippen molar-refractivity contribution in [2.24, 2.45) is 4.99 Å². The summed E-state index contributed by atoms with van der Waals surface area (Å²) in [6.07, 6.45) is 0. The summed E-state index contributed by atoms with van der Waals surface area (Å²) >= 11 is 1.71. The average molecular weight is 347 g/mol. The normalized spacial score (nSPS) is 11.4. The molecule has 1 heterocycles. The molecule has 24 heavy (non-hydrogen) atoms. The van der Waals surface area contributed by atoms with Crippen LogP contribution in [0.1, 0.15) is 11.1 Å². The van der Waals surface area contributed by atoms with Gasteiger partial charge in [-0.2, -0.15) is 11.3 Å². The average Bonchev–Trinajstić information content (AvgIpc) is 3.11. The zero-order valence-electron chi connectivity index (χ0n) is 14.5. The van der Waals surface area contributed by atoms with E-state index in [9.17, 15) is 0 Å². The first kappa shape index (κ1) is 18.3. The van der Waals surface area contributed by atoms with Gasteiger partial charge in [0.25, 0.3) is 0 Å². The number of nitrogens with one attached hydrogen (secondary N) is 1. The molecule has 0 saturated heterocycles. The van der Waals surface area contributed by atoms with Crippen LogP contribution in [-0.4, -0.2) is 45.2 Å². The number of para-hydroxylation sites is 1. The maximum absolute atomic E-state index is 5.73. The summed E-state index contributed by atoms with van der Waals surface area (Å²) in [4.78, 5) is 6.41. The van der Waals surface area contributed by atoms with Gasteiger partial charge in [-0.25, -0.2) is 0 Å². The Morgan fingerprint density at radius 2 is 2.12 bits per heavy atom. The van der Waals surface area contributed by atoms with Gasteiger partial charge in [0.2, 0.25) is 0 Å². The van der Waals surface area contributed by atoms with Gasteiger partial charge in [0.1, 0.15) is 5.75 Å². The molecule has 0 atom stereocenters. The van der Waals surface area contributed by atoms with E-state index in [0.717, 1.165) is 23.8 Å². The van der Waals surface area contributed by atoms with E-state index >= 15 is 0 Å². The SMILES string of the molecule is CN=C(NCCOCc1ccccc1OC)N(C)Cc1ccsc1. The molecular formula is C18H25N3O2S. The van der Waals surface area contributed by atoms with Crippen molar-refractivity contribution < 1.29 is 9.47 Å². The topological polar surface area (TPSA) is 46.1 Å². The number of nitrogens with zero attached hydrogens (tertiary/aromatic N) is 2. The van der Waals surface area contributed by atoms with Crippen molar-refractivity contribution >= 4 is 17.3 Å². The van der Waals surface area contributed by atoms with E-state index in [2.05, 4.69) is 32.0 Å². The van der Waals surface area contributed by atoms with Crippen molar-refractivity contribution in [2.75, 3.05) is 34.4 Å². The van der Waals surface area contributed by atoms with Gasteiger partial charge in [-0.3, -0.25) is 4.99 Å². The number of aliphatic imine (C=N–C) groups is 1. The molecule has 0 saturated carbocycles. The fourth-order valence-corrected chi connectivity index (χ4v) is 3.02. The summed E-state index contributed by atoms with van der Waals surface area (Å²) in [5, 5.41) is 7.56. The van der Waals surface area contributed by atoms with E-state index < -0.39 is 0 Å². The predicted molar refractivity (Wildman–Crippen MR) is 99.8 cm³/mol. The number of hydrogen-bond acceptors (Lipinski definition) is 4. The Balaban J connectivity index is 1.70. The van der Waals surface area contributed by atoms with Crippen molar-refractivity contribution in [3.8, 4) is 5.75 Å². The molecule has 0 unspecified atom stereocenters. The minimum absolute atomic E-state index is 0.537. The molecule has 5 nitrogen and oxygen atoms in total. The smallest absolute Gasteiger partial charge is 0.193 e. The molecule has 0 spiro atoms. The first-order chi connectivity index (χ1) is 11.7. The number of thiophene rings is 1. The van der Waals surface area contributed by atoms with Crippen molar-refractivity contribution in [3.05, 3.63) is 52.2 Å². The van der Waals surface area contributed by atoms with E-state index in [0.29, 0.717) is 19.8 Å². The predicted octanol–water partition coefficient (Wildman–Crippen LogP) is 2.98. The molecule has 130 valence electrons. The van der Waals surface area contributed by atoms with E-state index in [-0.39, 0.29) is 0 Å². The highest BCUT2D eigenvalue weighted by Crippen LogP contribution is 2.17. The Morgan fingerprint density at radius 1 is 1.29 bits per heavy atom. The van der Waals surface area contributed by atoms with Gasteiger partial charge in [0.15, 0.2) is 5.96 Å². The quantitative estimate of drug-likeness (QED) is 0.453. The molecule has 2 rings (SSSR count). The van der Waals surface area contributed by atoms with Crippen LogP contribution in [0, 0.1) is 0 Å². The Hall–Kier alpha value is -2.05. The molecule has 6 heteroatoms. The molecule has 0 aliphatic heterocycles. The zero-order chi connectivity index (χ0) is 17.2. The molecule has 1 aromatic carbocycles. The lowest BCUT2D eigenvalue weighted by molar-refractivity contribution is 0.123. The number of hydrogen-bond donors (Lipinski definition) is 1. The minimum atomic E-state index is 0.537. The molecule has 0 radical (unpaired) electrons. The first-order valence-electron chi connectivity index (χ1n) is 7.87. The maximum atomic E-state index is 5.73. The highest BCUT2D eigenvalue weighted by atomic mass is 32.1. The molecular weight excluding hydrogens is 322 g/mol. The second-order valence-corrected chi connectivity index (χ2v) is 6.11. The summed E-state index contributed by atoms with van der Waals surface area (Å²) in [6, 6.07) is 10.0. The summed E-state index contributed by atoms with van der Waals surface area (Å²) in [5.41, 5.74) is 2.34. The second kappa shape index (κ2) is 9.95. The molecule has 0 bridgehead atoms. The van der Waals surface area contributed by atoms with Crippen LogP contribution in [0.2, 0.25) is 0 Å². The number of methoxy groups -OCH3 is 1. The molecule has 1 N–H and O–H groups in total. The van der Waals surface area contributed by atoms with E-state index in [1.165, 1.54) is 5.56 Å². The third-order valence-electron chi connectivity index (χ3n) is 3.55. The lowest BCUT2D eigenvalue weighted by Gasteiger charge is -2.21. The monoisotopic (exact) mass is 347 g/mol. The largest absolute Gasteiger partial charge is 0.496 e. The molecule has 0 fully saturated rings. The third kappa shape index (κ3) is 5.54. The highest BCUT2D eigenvalue weighted by molar-refractivity contribution is 7.07.